The lowest BCUT2D eigenvalue weighted by Crippen LogP contribution is -2.00. The molecule has 0 amide bonds. The van der Waals surface area contributed by atoms with E-state index < -0.39 is 0 Å². The Labute approximate surface area is 362 Å². The van der Waals surface area contributed by atoms with Gasteiger partial charge in [0.2, 0.25) is 0 Å². The Morgan fingerprint density at radius 1 is 0.270 bits per heavy atom. The fraction of sp³-hybridized carbons (Fsp3) is 0. The lowest BCUT2D eigenvalue weighted by Gasteiger charge is -2.10. The molecular formula is C57H36N6. The maximum absolute atomic E-state index is 4.99. The number of aromatic nitrogens is 6. The molecule has 6 heteroatoms. The molecular weight excluding hydrogens is 769 g/mol. The van der Waals surface area contributed by atoms with Gasteiger partial charge in [-0.1, -0.05) is 140 Å². The molecule has 0 saturated heterocycles. The highest BCUT2D eigenvalue weighted by molar-refractivity contribution is 6.14. The zero-order valence-electron chi connectivity index (χ0n) is 33.9. The number of hydrogen-bond acceptors (Lipinski definition) is 3. The molecule has 0 aliphatic heterocycles. The van der Waals surface area contributed by atoms with Gasteiger partial charge in [0.15, 0.2) is 17.5 Å². The van der Waals surface area contributed by atoms with Gasteiger partial charge in [-0.15, -0.1) is 0 Å². The van der Waals surface area contributed by atoms with E-state index in [4.69, 9.17) is 15.0 Å². The normalized spacial score (nSPS) is 11.8. The maximum Gasteiger partial charge on any atom is 0.164 e. The van der Waals surface area contributed by atoms with Crippen LogP contribution in [0.5, 0.6) is 0 Å². The number of H-pyrrole nitrogens is 1. The van der Waals surface area contributed by atoms with E-state index in [9.17, 15) is 0 Å². The van der Waals surface area contributed by atoms with E-state index in [0.717, 1.165) is 49.9 Å². The number of nitrogens with one attached hydrogen (secondary N) is 1. The number of nitrogens with zero attached hydrogens (tertiary/aromatic N) is 5. The molecule has 0 unspecified atom stereocenters. The fourth-order valence-electron chi connectivity index (χ4n) is 9.55. The summed E-state index contributed by atoms with van der Waals surface area (Å²) in [6.07, 6.45) is 0. The summed E-state index contributed by atoms with van der Waals surface area (Å²) in [6.45, 7) is 0. The molecule has 0 spiro atoms. The van der Waals surface area contributed by atoms with E-state index >= 15 is 0 Å². The molecule has 0 fully saturated rings. The molecule has 0 bridgehead atoms. The van der Waals surface area contributed by atoms with Crippen molar-refractivity contribution in [3.63, 3.8) is 0 Å². The van der Waals surface area contributed by atoms with Crippen LogP contribution in [0, 0.1) is 0 Å². The Balaban J connectivity index is 0.913. The van der Waals surface area contributed by atoms with Crippen LogP contribution in [0.2, 0.25) is 0 Å². The van der Waals surface area contributed by atoms with Gasteiger partial charge in [0.05, 0.1) is 22.1 Å². The first-order valence-electron chi connectivity index (χ1n) is 21.3. The summed E-state index contributed by atoms with van der Waals surface area (Å²) in [7, 11) is 0. The lowest BCUT2D eigenvalue weighted by molar-refractivity contribution is 1.07. The molecule has 0 saturated carbocycles. The molecule has 0 aliphatic rings. The molecule has 0 aliphatic carbocycles. The minimum Gasteiger partial charge on any atom is -0.354 e. The minimum absolute atomic E-state index is 0.632. The molecule has 13 aromatic rings. The van der Waals surface area contributed by atoms with Gasteiger partial charge in [-0.05, 0) is 83.9 Å². The van der Waals surface area contributed by atoms with Crippen molar-refractivity contribution in [1.82, 2.24) is 29.1 Å². The van der Waals surface area contributed by atoms with Crippen molar-refractivity contribution in [3.8, 4) is 56.7 Å². The number of rotatable bonds is 6. The second-order valence-electron chi connectivity index (χ2n) is 16.2. The van der Waals surface area contributed by atoms with E-state index in [2.05, 4.69) is 166 Å². The summed E-state index contributed by atoms with van der Waals surface area (Å²) in [5.41, 5.74) is 14.3. The predicted octanol–water partition coefficient (Wildman–Crippen LogP) is 14.4. The van der Waals surface area contributed by atoms with Gasteiger partial charge in [0.1, 0.15) is 0 Å². The van der Waals surface area contributed by atoms with Crippen LogP contribution in [0.3, 0.4) is 0 Å². The van der Waals surface area contributed by atoms with Gasteiger partial charge in [0.25, 0.3) is 0 Å². The number of hydrogen-bond donors (Lipinski definition) is 1. The first-order chi connectivity index (χ1) is 31.2. The quantitative estimate of drug-likeness (QED) is 0.182. The average molecular weight is 805 g/mol. The van der Waals surface area contributed by atoms with E-state index in [1.54, 1.807) is 0 Å². The largest absolute Gasteiger partial charge is 0.354 e. The molecule has 13 rings (SSSR count). The SMILES string of the molecule is c1ccc(-c2nc(-c3ccccc3)nc(-c3ccc4c(c3)[nH]c3ccc(-n5c6ccccc6c6cc(-c7ccc8c(c7)c7ccccc7n8-c7ccccc7)ccc65)cc34)n2)cc1. The van der Waals surface area contributed by atoms with Gasteiger partial charge >= 0.3 is 0 Å². The average Bonchev–Trinajstić information content (AvgIpc) is 4.01. The van der Waals surface area contributed by atoms with Gasteiger partial charge in [-0.3, -0.25) is 0 Å². The van der Waals surface area contributed by atoms with Crippen LogP contribution in [0.1, 0.15) is 0 Å². The van der Waals surface area contributed by atoms with Gasteiger partial charge in [-0.25, -0.2) is 15.0 Å². The first kappa shape index (κ1) is 35.2. The number of fused-ring (bicyclic) bond motifs is 9. The van der Waals surface area contributed by atoms with Crippen LogP contribution < -0.4 is 0 Å². The third-order valence-electron chi connectivity index (χ3n) is 12.5. The topological polar surface area (TPSA) is 64.3 Å². The Morgan fingerprint density at radius 2 is 0.746 bits per heavy atom. The summed E-state index contributed by atoms with van der Waals surface area (Å²) < 4.78 is 4.77. The summed E-state index contributed by atoms with van der Waals surface area (Å²) in [5.74, 6) is 1.92. The van der Waals surface area contributed by atoms with Crippen molar-refractivity contribution >= 4 is 65.4 Å². The lowest BCUT2D eigenvalue weighted by atomic mass is 10.0. The molecule has 1 N–H and O–H groups in total. The number of para-hydroxylation sites is 3. The van der Waals surface area contributed by atoms with E-state index in [1.807, 2.05) is 60.7 Å². The van der Waals surface area contributed by atoms with Crippen LogP contribution >= 0.6 is 0 Å². The smallest absolute Gasteiger partial charge is 0.164 e. The van der Waals surface area contributed by atoms with E-state index in [0.29, 0.717) is 17.5 Å². The standard InChI is InChI=1S/C57H36N6/c1-4-14-36(15-5-1)55-59-56(37-16-6-2-7-17-37)61-57(60-55)40-24-28-43-46-35-42(27-29-49(46)58-50(43)34-40)63-52-23-13-11-21-45(52)48-33-39(26-31-54(48)63)38-25-30-53-47(32-38)44-20-10-12-22-51(44)62(53)41-18-8-3-9-19-41/h1-35,58H. The zero-order chi connectivity index (χ0) is 41.4. The Morgan fingerprint density at radius 3 is 1.33 bits per heavy atom. The highest BCUT2D eigenvalue weighted by Crippen LogP contribution is 2.39. The monoisotopic (exact) mass is 804 g/mol. The van der Waals surface area contributed by atoms with Crippen molar-refractivity contribution in [2.45, 2.75) is 0 Å². The van der Waals surface area contributed by atoms with Crippen LogP contribution in [0.15, 0.2) is 212 Å². The predicted molar refractivity (Wildman–Crippen MR) is 260 cm³/mol. The third kappa shape index (κ3) is 5.69. The molecule has 9 aromatic carbocycles. The summed E-state index contributed by atoms with van der Waals surface area (Å²) in [5, 5.41) is 7.24. The van der Waals surface area contributed by atoms with Gasteiger partial charge in [-0.2, -0.15) is 0 Å². The van der Waals surface area contributed by atoms with Crippen molar-refractivity contribution < 1.29 is 0 Å². The molecule has 0 atom stereocenters. The molecule has 4 heterocycles. The first-order valence-corrected chi connectivity index (χ1v) is 21.3. The van der Waals surface area contributed by atoms with Crippen molar-refractivity contribution in [2.24, 2.45) is 0 Å². The molecule has 294 valence electrons. The fourth-order valence-corrected chi connectivity index (χ4v) is 9.55. The second kappa shape index (κ2) is 14.0. The van der Waals surface area contributed by atoms with Crippen molar-refractivity contribution in [1.29, 1.82) is 0 Å². The zero-order valence-corrected chi connectivity index (χ0v) is 33.9. The Bertz CT molecular complexity index is 3840. The summed E-state index contributed by atoms with van der Waals surface area (Å²) >= 11 is 0. The summed E-state index contributed by atoms with van der Waals surface area (Å²) in [6, 6.07) is 75.3. The Hall–Kier alpha value is -8.61. The number of benzene rings is 9. The van der Waals surface area contributed by atoms with Gasteiger partial charge < -0.3 is 14.1 Å². The highest BCUT2D eigenvalue weighted by Gasteiger charge is 2.18. The molecule has 6 nitrogen and oxygen atoms in total. The molecule has 63 heavy (non-hydrogen) atoms. The van der Waals surface area contributed by atoms with Crippen LogP contribution in [0.25, 0.3) is 122 Å². The van der Waals surface area contributed by atoms with E-state index in [-0.39, 0.29) is 0 Å². The maximum atomic E-state index is 4.99. The van der Waals surface area contributed by atoms with Crippen LogP contribution in [-0.2, 0) is 0 Å². The van der Waals surface area contributed by atoms with Crippen LogP contribution in [0.4, 0.5) is 0 Å². The van der Waals surface area contributed by atoms with Gasteiger partial charge in [0, 0.05) is 71.4 Å². The van der Waals surface area contributed by atoms with Crippen molar-refractivity contribution in [3.05, 3.63) is 212 Å². The Kier molecular flexibility index (Phi) is 7.80. The molecule has 4 aromatic heterocycles. The molecule has 0 radical (unpaired) electrons. The van der Waals surface area contributed by atoms with E-state index in [1.165, 1.54) is 54.7 Å². The van der Waals surface area contributed by atoms with Crippen LogP contribution in [-0.4, -0.2) is 29.1 Å². The number of aromatic amines is 1. The van der Waals surface area contributed by atoms with Crippen molar-refractivity contribution in [2.75, 3.05) is 0 Å². The second-order valence-corrected chi connectivity index (χ2v) is 16.2. The minimum atomic E-state index is 0.632. The highest BCUT2D eigenvalue weighted by atomic mass is 15.0. The third-order valence-corrected chi connectivity index (χ3v) is 12.5. The summed E-state index contributed by atoms with van der Waals surface area (Å²) in [4.78, 5) is 18.6.